The van der Waals surface area contributed by atoms with Crippen LogP contribution in [0.1, 0.15) is 37.7 Å². The average molecular weight is 398 g/mol. The monoisotopic (exact) mass is 397 g/mol. The van der Waals surface area contributed by atoms with Crippen molar-refractivity contribution in [1.29, 1.82) is 0 Å². The summed E-state index contributed by atoms with van der Waals surface area (Å²) in [5.41, 5.74) is 1.21. The number of piperazine rings is 1. The maximum atomic E-state index is 12.9. The van der Waals surface area contributed by atoms with E-state index in [0.717, 1.165) is 32.1 Å². The van der Waals surface area contributed by atoms with Crippen molar-refractivity contribution in [3.05, 3.63) is 35.9 Å². The van der Waals surface area contributed by atoms with E-state index in [9.17, 15) is 14.4 Å². The minimum Gasteiger partial charge on any atom is -0.342 e. The van der Waals surface area contributed by atoms with Crippen LogP contribution in [0.15, 0.2) is 30.3 Å². The number of hydrogen-bond acceptors (Lipinski definition) is 3. The molecule has 29 heavy (non-hydrogen) atoms. The van der Waals surface area contributed by atoms with Gasteiger partial charge in [-0.1, -0.05) is 43.2 Å². The van der Waals surface area contributed by atoms with Gasteiger partial charge >= 0.3 is 0 Å². The predicted molar refractivity (Wildman–Crippen MR) is 110 cm³/mol. The maximum Gasteiger partial charge on any atom is 0.228 e. The van der Waals surface area contributed by atoms with Crippen molar-refractivity contribution in [3.8, 4) is 0 Å². The summed E-state index contributed by atoms with van der Waals surface area (Å²) in [6.45, 7) is 3.61. The summed E-state index contributed by atoms with van der Waals surface area (Å²) in [5.74, 6) is 0.388. The van der Waals surface area contributed by atoms with Gasteiger partial charge in [-0.25, -0.2) is 0 Å². The quantitative estimate of drug-likeness (QED) is 0.763. The number of carbonyl (C=O) groups is 3. The molecule has 1 atom stereocenters. The van der Waals surface area contributed by atoms with E-state index in [4.69, 9.17) is 0 Å². The van der Waals surface area contributed by atoms with Crippen molar-refractivity contribution >= 4 is 17.7 Å². The summed E-state index contributed by atoms with van der Waals surface area (Å²) < 4.78 is 0. The second-order valence-corrected chi connectivity index (χ2v) is 8.61. The summed E-state index contributed by atoms with van der Waals surface area (Å²) >= 11 is 0. The molecule has 0 bridgehead atoms. The van der Waals surface area contributed by atoms with Crippen LogP contribution < -0.4 is 0 Å². The number of amides is 3. The molecular weight excluding hydrogens is 366 g/mol. The largest absolute Gasteiger partial charge is 0.342 e. The topological polar surface area (TPSA) is 60.9 Å². The third-order valence-electron chi connectivity index (χ3n) is 6.68. The van der Waals surface area contributed by atoms with Gasteiger partial charge in [0.1, 0.15) is 0 Å². The molecule has 0 spiro atoms. The van der Waals surface area contributed by atoms with E-state index in [1.165, 1.54) is 5.56 Å². The normalized spacial score (nSPS) is 23.1. The fourth-order valence-corrected chi connectivity index (χ4v) is 4.90. The molecule has 1 aromatic rings. The van der Waals surface area contributed by atoms with Crippen LogP contribution in [0.2, 0.25) is 0 Å². The Morgan fingerprint density at radius 3 is 2.07 bits per heavy atom. The van der Waals surface area contributed by atoms with Crippen molar-refractivity contribution in [2.45, 2.75) is 38.5 Å². The second-order valence-electron chi connectivity index (χ2n) is 8.61. The first kappa shape index (κ1) is 19.9. The van der Waals surface area contributed by atoms with E-state index >= 15 is 0 Å². The van der Waals surface area contributed by atoms with Crippen LogP contribution in [0.25, 0.3) is 0 Å². The number of nitrogens with zero attached hydrogens (tertiary/aromatic N) is 3. The molecule has 1 aromatic carbocycles. The third kappa shape index (κ3) is 4.62. The first-order valence-electron chi connectivity index (χ1n) is 11.0. The molecule has 2 heterocycles. The molecule has 1 aliphatic carbocycles. The number of carbonyl (C=O) groups excluding carboxylic acids is 3. The molecule has 3 aliphatic rings. The Bertz CT molecular complexity index is 737. The van der Waals surface area contributed by atoms with E-state index in [1.807, 2.05) is 32.9 Å². The Balaban J connectivity index is 1.25. The van der Waals surface area contributed by atoms with Gasteiger partial charge in [0.15, 0.2) is 0 Å². The van der Waals surface area contributed by atoms with E-state index in [0.29, 0.717) is 45.7 Å². The minimum atomic E-state index is -0.240. The van der Waals surface area contributed by atoms with Crippen LogP contribution >= 0.6 is 0 Å². The van der Waals surface area contributed by atoms with Crippen molar-refractivity contribution < 1.29 is 14.4 Å². The highest BCUT2D eigenvalue weighted by Gasteiger charge is 2.38. The summed E-state index contributed by atoms with van der Waals surface area (Å²) in [7, 11) is 0. The van der Waals surface area contributed by atoms with Crippen LogP contribution in [0, 0.1) is 11.8 Å². The lowest BCUT2D eigenvalue weighted by Gasteiger charge is -2.37. The van der Waals surface area contributed by atoms with Crippen molar-refractivity contribution in [2.24, 2.45) is 11.8 Å². The highest BCUT2D eigenvalue weighted by atomic mass is 16.2. The second kappa shape index (κ2) is 8.97. The molecule has 4 rings (SSSR count). The zero-order chi connectivity index (χ0) is 20.2. The van der Waals surface area contributed by atoms with Crippen LogP contribution in [0.5, 0.6) is 0 Å². The molecule has 0 radical (unpaired) electrons. The molecule has 2 aliphatic heterocycles. The summed E-state index contributed by atoms with van der Waals surface area (Å²) in [5, 5.41) is 0. The van der Waals surface area contributed by atoms with Gasteiger partial charge in [0.2, 0.25) is 17.7 Å². The van der Waals surface area contributed by atoms with Crippen LogP contribution in [0.3, 0.4) is 0 Å². The molecule has 2 saturated heterocycles. The zero-order valence-corrected chi connectivity index (χ0v) is 17.1. The molecule has 0 aromatic heterocycles. The number of benzene rings is 1. The molecule has 1 saturated carbocycles. The van der Waals surface area contributed by atoms with Gasteiger partial charge in [-0.15, -0.1) is 0 Å². The molecule has 0 N–H and O–H groups in total. The summed E-state index contributed by atoms with van der Waals surface area (Å²) in [6, 6.07) is 10.1. The molecule has 3 amide bonds. The molecular formula is C23H31N3O3. The van der Waals surface area contributed by atoms with E-state index < -0.39 is 0 Å². The Morgan fingerprint density at radius 1 is 0.862 bits per heavy atom. The zero-order valence-electron chi connectivity index (χ0n) is 17.1. The van der Waals surface area contributed by atoms with Gasteiger partial charge in [0, 0.05) is 51.6 Å². The number of likely N-dealkylation sites (tertiary alicyclic amines) is 1. The Kier molecular flexibility index (Phi) is 6.16. The van der Waals surface area contributed by atoms with Gasteiger partial charge in [0.25, 0.3) is 0 Å². The highest BCUT2D eigenvalue weighted by Crippen LogP contribution is 2.27. The minimum absolute atomic E-state index is 0.0773. The Hall–Kier alpha value is -2.37. The van der Waals surface area contributed by atoms with Gasteiger partial charge in [-0.05, 0) is 24.8 Å². The van der Waals surface area contributed by atoms with Crippen LogP contribution in [-0.4, -0.2) is 71.7 Å². The van der Waals surface area contributed by atoms with Gasteiger partial charge in [-0.3, -0.25) is 14.4 Å². The first-order chi connectivity index (χ1) is 14.1. The lowest BCUT2D eigenvalue weighted by atomic mass is 10.0. The third-order valence-corrected chi connectivity index (χ3v) is 6.68. The number of rotatable bonds is 5. The summed E-state index contributed by atoms with van der Waals surface area (Å²) in [4.78, 5) is 43.5. The Labute approximate surface area is 172 Å². The predicted octanol–water partition coefficient (Wildman–Crippen LogP) is 1.94. The van der Waals surface area contributed by atoms with Gasteiger partial charge in [-0.2, -0.15) is 0 Å². The fourth-order valence-electron chi connectivity index (χ4n) is 4.90. The smallest absolute Gasteiger partial charge is 0.228 e. The van der Waals surface area contributed by atoms with E-state index in [2.05, 4.69) is 12.1 Å². The van der Waals surface area contributed by atoms with E-state index in [-0.39, 0.29) is 29.6 Å². The first-order valence-corrected chi connectivity index (χ1v) is 11.0. The molecule has 1 unspecified atom stereocenters. The summed E-state index contributed by atoms with van der Waals surface area (Å²) in [6.07, 6.45) is 5.48. The van der Waals surface area contributed by atoms with Crippen molar-refractivity contribution in [3.63, 3.8) is 0 Å². The molecule has 6 heteroatoms. The number of hydrogen-bond donors (Lipinski definition) is 0. The molecule has 6 nitrogen and oxygen atoms in total. The fraction of sp³-hybridized carbons (Fsp3) is 0.609. The standard InChI is InChI=1S/C23H31N3O3/c27-21-16-20(17-26(21)11-10-18-6-2-1-3-7-18)23(29)25-14-12-24(13-15-25)22(28)19-8-4-5-9-19/h1-3,6-7,19-20H,4-5,8-17H2. The highest BCUT2D eigenvalue weighted by molar-refractivity contribution is 5.89. The van der Waals surface area contributed by atoms with E-state index in [1.54, 1.807) is 0 Å². The average Bonchev–Trinajstić information content (AvgIpc) is 3.42. The van der Waals surface area contributed by atoms with Crippen LogP contribution in [0.4, 0.5) is 0 Å². The SMILES string of the molecule is O=C1CC(C(=O)N2CCN(C(=O)C3CCCC3)CC2)CN1CCc1ccccc1. The molecule has 156 valence electrons. The van der Waals surface area contributed by atoms with Gasteiger partial charge in [0.05, 0.1) is 5.92 Å². The van der Waals surface area contributed by atoms with Crippen LogP contribution in [-0.2, 0) is 20.8 Å². The lowest BCUT2D eigenvalue weighted by molar-refractivity contribution is -0.143. The molecule has 3 fully saturated rings. The maximum absolute atomic E-state index is 12.9. The Morgan fingerprint density at radius 2 is 1.45 bits per heavy atom. The lowest BCUT2D eigenvalue weighted by Crippen LogP contribution is -2.53. The van der Waals surface area contributed by atoms with Crippen molar-refractivity contribution in [1.82, 2.24) is 14.7 Å². The van der Waals surface area contributed by atoms with Crippen molar-refractivity contribution in [2.75, 3.05) is 39.3 Å². The van der Waals surface area contributed by atoms with Gasteiger partial charge < -0.3 is 14.7 Å².